The summed E-state index contributed by atoms with van der Waals surface area (Å²) in [5.41, 5.74) is 6.99. The van der Waals surface area contributed by atoms with Gasteiger partial charge < -0.3 is 11.1 Å². The lowest BCUT2D eigenvalue weighted by Crippen LogP contribution is -2.32. The van der Waals surface area contributed by atoms with Crippen molar-refractivity contribution in [3.05, 3.63) is 80.7 Å². The molecule has 3 N–H and O–H groups in total. The third-order valence-electron chi connectivity index (χ3n) is 5.26. The van der Waals surface area contributed by atoms with Gasteiger partial charge in [0.2, 0.25) is 0 Å². The number of benzene rings is 1. The topological polar surface area (TPSA) is 50.4 Å². The van der Waals surface area contributed by atoms with Gasteiger partial charge in [0.1, 0.15) is 11.4 Å². The fraction of sp³-hybridized carbons (Fsp3) is 0.261. The third kappa shape index (κ3) is 4.04. The van der Waals surface area contributed by atoms with Crippen LogP contribution < -0.4 is 11.1 Å². The number of anilines is 1. The van der Waals surface area contributed by atoms with Gasteiger partial charge in [-0.15, -0.1) is 24.5 Å². The highest BCUT2D eigenvalue weighted by atomic mass is 35.5. The minimum absolute atomic E-state index is 0.0714. The molecule has 1 aliphatic heterocycles. The maximum atomic E-state index is 13.4. The summed E-state index contributed by atoms with van der Waals surface area (Å²) in [6.45, 7) is 13.6. The molecular weight excluding hydrogens is 443 g/mol. The zero-order chi connectivity index (χ0) is 23.1. The number of thiophene rings is 1. The van der Waals surface area contributed by atoms with Crippen LogP contribution in [0.5, 0.6) is 0 Å². The lowest BCUT2D eigenvalue weighted by atomic mass is 9.85. The van der Waals surface area contributed by atoms with Crippen LogP contribution >= 0.6 is 22.9 Å². The fourth-order valence-electron chi connectivity index (χ4n) is 3.63. The molecule has 8 heteroatoms. The first-order valence-electron chi connectivity index (χ1n) is 9.59. The standard InChI is InChI=1S/C23H23ClF3N3S/c1-6-18(28)19(15-9-12(4)31-13(15)5)21-29-20-16(22(7-2,8-3)30-21)10-14(11-17(20)24)23(25,26)27/h7-11H,2-3,6,28H2,1,4-5H3,(H,29,30). The van der Waals surface area contributed by atoms with Gasteiger partial charge in [0.15, 0.2) is 0 Å². The van der Waals surface area contributed by atoms with Gasteiger partial charge in [-0.05, 0) is 38.5 Å². The number of hydrogen-bond donors (Lipinski definition) is 2. The number of nitrogens with zero attached hydrogens (tertiary/aromatic N) is 1. The van der Waals surface area contributed by atoms with Gasteiger partial charge in [-0.2, -0.15) is 13.2 Å². The summed E-state index contributed by atoms with van der Waals surface area (Å²) in [7, 11) is 0. The van der Waals surface area contributed by atoms with Crippen molar-refractivity contribution >= 4 is 40.0 Å². The SMILES string of the molecule is C=CC1(C=C)N=C(C(=C(N)CC)c2cc(C)sc2C)Nc2c(Cl)cc(C(F)(F)F)cc21. The summed E-state index contributed by atoms with van der Waals surface area (Å²) in [6, 6.07) is 3.96. The molecule has 3 rings (SSSR count). The van der Waals surface area contributed by atoms with Gasteiger partial charge in [0.05, 0.1) is 16.3 Å². The van der Waals surface area contributed by atoms with Gasteiger partial charge in [-0.1, -0.05) is 30.7 Å². The zero-order valence-corrected chi connectivity index (χ0v) is 19.0. The smallest absolute Gasteiger partial charge is 0.401 e. The van der Waals surface area contributed by atoms with Crippen LogP contribution in [0.2, 0.25) is 5.02 Å². The number of amidine groups is 1. The number of fused-ring (bicyclic) bond motifs is 1. The molecule has 0 aliphatic carbocycles. The molecule has 2 heterocycles. The average molecular weight is 466 g/mol. The molecule has 0 saturated heterocycles. The summed E-state index contributed by atoms with van der Waals surface area (Å²) in [6.07, 6.45) is -1.07. The Morgan fingerprint density at radius 1 is 1.26 bits per heavy atom. The molecule has 0 unspecified atom stereocenters. The van der Waals surface area contributed by atoms with E-state index in [0.717, 1.165) is 27.5 Å². The van der Waals surface area contributed by atoms with Crippen molar-refractivity contribution in [2.45, 2.75) is 38.9 Å². The van der Waals surface area contributed by atoms with E-state index in [1.807, 2.05) is 26.8 Å². The second kappa shape index (κ2) is 8.20. The van der Waals surface area contributed by atoms with Crippen molar-refractivity contribution in [2.75, 3.05) is 5.32 Å². The van der Waals surface area contributed by atoms with Crippen molar-refractivity contribution in [3.8, 4) is 0 Å². The molecule has 0 atom stereocenters. The van der Waals surface area contributed by atoms with Crippen LogP contribution in [0.25, 0.3) is 5.57 Å². The number of aliphatic imine (C=N–C) groups is 1. The summed E-state index contributed by atoms with van der Waals surface area (Å²) in [4.78, 5) is 6.93. The molecule has 31 heavy (non-hydrogen) atoms. The minimum Gasteiger partial charge on any atom is -0.401 e. The normalized spacial score (nSPS) is 16.0. The Morgan fingerprint density at radius 3 is 2.39 bits per heavy atom. The van der Waals surface area contributed by atoms with Gasteiger partial charge in [-0.3, -0.25) is 0 Å². The number of halogens is 4. The Labute approximate surface area is 188 Å². The van der Waals surface area contributed by atoms with E-state index in [4.69, 9.17) is 22.3 Å². The van der Waals surface area contributed by atoms with E-state index >= 15 is 0 Å². The largest absolute Gasteiger partial charge is 0.416 e. The first-order chi connectivity index (χ1) is 14.5. The Bertz CT molecular complexity index is 1120. The molecule has 0 amide bonds. The predicted molar refractivity (Wildman–Crippen MR) is 125 cm³/mol. The Hall–Kier alpha value is -2.51. The second-order valence-electron chi connectivity index (χ2n) is 7.28. The maximum Gasteiger partial charge on any atom is 0.416 e. The van der Waals surface area contributed by atoms with Crippen LogP contribution in [0.4, 0.5) is 18.9 Å². The highest BCUT2D eigenvalue weighted by Gasteiger charge is 2.39. The van der Waals surface area contributed by atoms with Crippen molar-refractivity contribution in [1.82, 2.24) is 0 Å². The number of rotatable bonds is 5. The molecule has 0 saturated carbocycles. The second-order valence-corrected chi connectivity index (χ2v) is 9.15. The molecule has 164 valence electrons. The van der Waals surface area contributed by atoms with E-state index in [1.165, 1.54) is 12.2 Å². The monoisotopic (exact) mass is 465 g/mol. The minimum atomic E-state index is -4.56. The predicted octanol–water partition coefficient (Wildman–Crippen LogP) is 7.21. The molecule has 1 aliphatic rings. The molecule has 0 radical (unpaired) electrons. The number of aryl methyl sites for hydroxylation is 2. The van der Waals surface area contributed by atoms with Crippen LogP contribution in [0.1, 0.15) is 39.8 Å². The number of alkyl halides is 3. The lowest BCUT2D eigenvalue weighted by molar-refractivity contribution is -0.137. The van der Waals surface area contributed by atoms with Crippen molar-refractivity contribution < 1.29 is 13.2 Å². The third-order valence-corrected chi connectivity index (χ3v) is 6.52. The van der Waals surface area contributed by atoms with Crippen LogP contribution in [0, 0.1) is 13.8 Å². The summed E-state index contributed by atoms with van der Waals surface area (Å²) in [5.74, 6) is 0.411. The molecule has 2 aromatic rings. The summed E-state index contributed by atoms with van der Waals surface area (Å²) < 4.78 is 40.3. The number of nitrogens with two attached hydrogens (primary N) is 1. The summed E-state index contributed by atoms with van der Waals surface area (Å²) >= 11 is 7.96. The van der Waals surface area contributed by atoms with Gasteiger partial charge in [0.25, 0.3) is 0 Å². The number of hydrogen-bond acceptors (Lipinski definition) is 4. The van der Waals surface area contributed by atoms with Crippen LogP contribution in [-0.2, 0) is 11.7 Å². The maximum absolute atomic E-state index is 13.4. The average Bonchev–Trinajstić information content (AvgIpc) is 3.04. The molecule has 3 nitrogen and oxygen atoms in total. The Balaban J connectivity index is 2.32. The Morgan fingerprint density at radius 2 is 1.90 bits per heavy atom. The van der Waals surface area contributed by atoms with E-state index < -0.39 is 17.3 Å². The summed E-state index contributed by atoms with van der Waals surface area (Å²) in [5, 5.41) is 3.07. The molecule has 1 aromatic heterocycles. The van der Waals surface area contributed by atoms with E-state index in [9.17, 15) is 13.2 Å². The van der Waals surface area contributed by atoms with E-state index in [0.29, 0.717) is 29.2 Å². The molecule has 1 aromatic carbocycles. The fourth-order valence-corrected chi connectivity index (χ4v) is 4.82. The lowest BCUT2D eigenvalue weighted by Gasteiger charge is -2.34. The first kappa shape index (κ1) is 23.2. The van der Waals surface area contributed by atoms with Crippen molar-refractivity contribution in [3.63, 3.8) is 0 Å². The quantitative estimate of drug-likeness (QED) is 0.458. The van der Waals surface area contributed by atoms with Crippen molar-refractivity contribution in [1.29, 1.82) is 0 Å². The van der Waals surface area contributed by atoms with E-state index in [1.54, 1.807) is 11.3 Å². The van der Waals surface area contributed by atoms with Gasteiger partial charge in [0, 0.05) is 32.2 Å². The zero-order valence-electron chi connectivity index (χ0n) is 17.5. The molecule has 0 fully saturated rings. The van der Waals surface area contributed by atoms with Crippen LogP contribution in [0.15, 0.2) is 54.2 Å². The molecule has 0 bridgehead atoms. The molecule has 0 spiro atoms. The highest BCUT2D eigenvalue weighted by molar-refractivity contribution is 7.12. The van der Waals surface area contributed by atoms with Gasteiger partial charge >= 0.3 is 6.18 Å². The van der Waals surface area contributed by atoms with Gasteiger partial charge in [-0.25, -0.2) is 4.99 Å². The number of allylic oxidation sites excluding steroid dienone is 1. The van der Waals surface area contributed by atoms with Crippen LogP contribution in [0.3, 0.4) is 0 Å². The van der Waals surface area contributed by atoms with Crippen LogP contribution in [-0.4, -0.2) is 5.84 Å². The molecular formula is C23H23ClF3N3S. The van der Waals surface area contributed by atoms with Crippen molar-refractivity contribution in [2.24, 2.45) is 10.7 Å². The van der Waals surface area contributed by atoms with E-state index in [2.05, 4.69) is 18.5 Å². The Kier molecular flexibility index (Phi) is 6.13. The highest BCUT2D eigenvalue weighted by Crippen LogP contribution is 2.46. The van der Waals surface area contributed by atoms with E-state index in [-0.39, 0.29) is 10.6 Å². The first-order valence-corrected chi connectivity index (χ1v) is 10.8. The number of nitrogens with one attached hydrogen (secondary N) is 1.